The molecule has 0 atom stereocenters. The van der Waals surface area contributed by atoms with Gasteiger partial charge in [0.15, 0.2) is 0 Å². The van der Waals surface area contributed by atoms with Gasteiger partial charge in [-0.25, -0.2) is 0 Å². The highest BCUT2D eigenvalue weighted by molar-refractivity contribution is 6.06. The van der Waals surface area contributed by atoms with Crippen LogP contribution in [-0.2, 0) is 0 Å². The molecule has 1 heterocycles. The molecule has 0 aliphatic heterocycles. The number of rotatable bonds is 5. The van der Waals surface area contributed by atoms with Gasteiger partial charge in [0.1, 0.15) is 11.5 Å². The van der Waals surface area contributed by atoms with Crippen LogP contribution in [-0.4, -0.2) is 24.7 Å². The lowest BCUT2D eigenvalue weighted by Gasteiger charge is -2.13. The summed E-state index contributed by atoms with van der Waals surface area (Å²) in [6.45, 7) is 6.03. The van der Waals surface area contributed by atoms with Crippen molar-refractivity contribution < 1.29 is 14.3 Å². The minimum absolute atomic E-state index is 0.175. The van der Waals surface area contributed by atoms with E-state index in [9.17, 15) is 4.79 Å². The molecule has 1 N–H and O–H groups in total. The van der Waals surface area contributed by atoms with Crippen molar-refractivity contribution in [2.45, 2.75) is 20.8 Å². The Hall–Kier alpha value is -3.21. The van der Waals surface area contributed by atoms with E-state index in [0.29, 0.717) is 22.7 Å². The topological polar surface area (TPSA) is 52.5 Å². The zero-order valence-electron chi connectivity index (χ0n) is 16.3. The number of amides is 1. The molecule has 0 fully saturated rings. The molecule has 1 amide bonds. The van der Waals surface area contributed by atoms with Gasteiger partial charge in [-0.15, -0.1) is 0 Å². The predicted molar refractivity (Wildman–Crippen MR) is 107 cm³/mol. The molecule has 3 aromatic rings. The number of nitrogens with one attached hydrogen (secondary N) is 1. The number of carbonyl (C=O) groups excluding carboxylic acids is 1. The standard InChI is InChI=1S/C22H24N2O3/c1-14-8-6-7-9-20(14)24-15(2)12-18(16(24)3)22(25)23-19-11-10-17(26-4)13-21(19)27-5/h6-13H,1-5H3,(H,23,25). The normalized spacial score (nSPS) is 10.6. The fraction of sp³-hybridized carbons (Fsp3) is 0.227. The maximum absolute atomic E-state index is 12.9. The molecule has 0 bridgehead atoms. The molecule has 0 aliphatic rings. The third kappa shape index (κ3) is 3.53. The second-order valence-electron chi connectivity index (χ2n) is 6.43. The molecule has 0 saturated carbocycles. The molecule has 5 heteroatoms. The first kappa shape index (κ1) is 18.6. The number of aryl methyl sites for hydroxylation is 2. The Balaban J connectivity index is 1.95. The summed E-state index contributed by atoms with van der Waals surface area (Å²) in [6.07, 6.45) is 0. The maximum Gasteiger partial charge on any atom is 0.257 e. The molecule has 0 unspecified atom stereocenters. The molecule has 2 aromatic carbocycles. The molecule has 1 aromatic heterocycles. The number of hydrogen-bond acceptors (Lipinski definition) is 3. The van der Waals surface area contributed by atoms with Crippen LogP contribution in [0.4, 0.5) is 5.69 Å². The zero-order valence-corrected chi connectivity index (χ0v) is 16.3. The van der Waals surface area contributed by atoms with E-state index in [1.807, 2.05) is 32.0 Å². The maximum atomic E-state index is 12.9. The van der Waals surface area contributed by atoms with Crippen LogP contribution < -0.4 is 14.8 Å². The van der Waals surface area contributed by atoms with E-state index in [2.05, 4.69) is 28.9 Å². The van der Waals surface area contributed by atoms with Gasteiger partial charge in [-0.05, 0) is 50.6 Å². The first-order valence-corrected chi connectivity index (χ1v) is 8.74. The second kappa shape index (κ2) is 7.58. The fourth-order valence-electron chi connectivity index (χ4n) is 3.27. The largest absolute Gasteiger partial charge is 0.497 e. The molecule has 0 aliphatic carbocycles. The highest BCUT2D eigenvalue weighted by atomic mass is 16.5. The lowest BCUT2D eigenvalue weighted by molar-refractivity contribution is 0.102. The van der Waals surface area contributed by atoms with E-state index < -0.39 is 0 Å². The predicted octanol–water partition coefficient (Wildman–Crippen LogP) is 4.67. The van der Waals surface area contributed by atoms with Gasteiger partial charge in [-0.2, -0.15) is 0 Å². The first-order chi connectivity index (χ1) is 13.0. The Morgan fingerprint density at radius 3 is 2.37 bits per heavy atom. The van der Waals surface area contributed by atoms with Crippen LogP contribution in [0.1, 0.15) is 27.3 Å². The number of ether oxygens (including phenoxy) is 2. The van der Waals surface area contributed by atoms with E-state index in [0.717, 1.165) is 22.6 Å². The molecule has 5 nitrogen and oxygen atoms in total. The lowest BCUT2D eigenvalue weighted by atomic mass is 10.2. The Kier molecular flexibility index (Phi) is 5.21. The van der Waals surface area contributed by atoms with Crippen LogP contribution in [0.25, 0.3) is 5.69 Å². The minimum Gasteiger partial charge on any atom is -0.497 e. The molecule has 3 rings (SSSR count). The molecule has 0 radical (unpaired) electrons. The Labute approximate surface area is 159 Å². The van der Waals surface area contributed by atoms with Gasteiger partial charge in [0.2, 0.25) is 0 Å². The van der Waals surface area contributed by atoms with Crippen molar-refractivity contribution in [3.8, 4) is 17.2 Å². The van der Waals surface area contributed by atoms with Gasteiger partial charge in [-0.3, -0.25) is 4.79 Å². The fourth-order valence-corrected chi connectivity index (χ4v) is 3.27. The molecule has 0 saturated heterocycles. The minimum atomic E-state index is -0.175. The summed E-state index contributed by atoms with van der Waals surface area (Å²) in [6, 6.07) is 15.4. The summed E-state index contributed by atoms with van der Waals surface area (Å²) in [5, 5.41) is 2.94. The van der Waals surface area contributed by atoms with Gasteiger partial charge < -0.3 is 19.4 Å². The average Bonchev–Trinajstić information content (AvgIpc) is 2.97. The van der Waals surface area contributed by atoms with E-state index in [1.165, 1.54) is 0 Å². The van der Waals surface area contributed by atoms with Crippen molar-refractivity contribution >= 4 is 11.6 Å². The van der Waals surface area contributed by atoms with Gasteiger partial charge in [0, 0.05) is 23.1 Å². The van der Waals surface area contributed by atoms with Crippen molar-refractivity contribution in [1.82, 2.24) is 4.57 Å². The summed E-state index contributed by atoms with van der Waals surface area (Å²) < 4.78 is 12.7. The molecular weight excluding hydrogens is 340 g/mol. The summed E-state index contributed by atoms with van der Waals surface area (Å²) in [5.41, 5.74) is 5.37. The van der Waals surface area contributed by atoms with Crippen molar-refractivity contribution in [3.63, 3.8) is 0 Å². The Morgan fingerprint density at radius 1 is 0.963 bits per heavy atom. The lowest BCUT2D eigenvalue weighted by Crippen LogP contribution is -2.14. The monoisotopic (exact) mass is 364 g/mol. The summed E-state index contributed by atoms with van der Waals surface area (Å²) >= 11 is 0. The van der Waals surface area contributed by atoms with Gasteiger partial charge in [0.25, 0.3) is 5.91 Å². The quantitative estimate of drug-likeness (QED) is 0.716. The number of carbonyl (C=O) groups is 1. The number of para-hydroxylation sites is 1. The van der Waals surface area contributed by atoms with E-state index in [-0.39, 0.29) is 5.91 Å². The summed E-state index contributed by atoms with van der Waals surface area (Å²) in [4.78, 5) is 12.9. The Bertz CT molecular complexity index is 989. The average molecular weight is 364 g/mol. The van der Waals surface area contributed by atoms with E-state index >= 15 is 0 Å². The van der Waals surface area contributed by atoms with Crippen molar-refractivity contribution in [1.29, 1.82) is 0 Å². The van der Waals surface area contributed by atoms with Gasteiger partial charge in [0.05, 0.1) is 25.5 Å². The van der Waals surface area contributed by atoms with Crippen molar-refractivity contribution in [3.05, 3.63) is 71.0 Å². The van der Waals surface area contributed by atoms with E-state index in [1.54, 1.807) is 32.4 Å². The Morgan fingerprint density at radius 2 is 1.70 bits per heavy atom. The molecule has 0 spiro atoms. The molecule has 140 valence electrons. The number of nitrogens with zero attached hydrogens (tertiary/aromatic N) is 1. The second-order valence-corrected chi connectivity index (χ2v) is 6.43. The molecular formula is C22H24N2O3. The smallest absolute Gasteiger partial charge is 0.257 e. The van der Waals surface area contributed by atoms with Crippen LogP contribution in [0.5, 0.6) is 11.5 Å². The van der Waals surface area contributed by atoms with Crippen LogP contribution in [0, 0.1) is 20.8 Å². The zero-order chi connectivity index (χ0) is 19.6. The van der Waals surface area contributed by atoms with Gasteiger partial charge in [-0.1, -0.05) is 18.2 Å². The number of hydrogen-bond donors (Lipinski definition) is 1. The SMILES string of the molecule is COc1ccc(NC(=O)c2cc(C)n(-c3ccccc3C)c2C)c(OC)c1. The third-order valence-corrected chi connectivity index (χ3v) is 4.69. The van der Waals surface area contributed by atoms with Crippen LogP contribution in [0.2, 0.25) is 0 Å². The number of anilines is 1. The number of aromatic nitrogens is 1. The van der Waals surface area contributed by atoms with Crippen molar-refractivity contribution in [2.75, 3.05) is 19.5 Å². The number of methoxy groups -OCH3 is 2. The van der Waals surface area contributed by atoms with Crippen LogP contribution in [0.15, 0.2) is 48.5 Å². The summed E-state index contributed by atoms with van der Waals surface area (Å²) in [5.74, 6) is 1.05. The summed E-state index contributed by atoms with van der Waals surface area (Å²) in [7, 11) is 3.15. The third-order valence-electron chi connectivity index (χ3n) is 4.69. The highest BCUT2D eigenvalue weighted by Crippen LogP contribution is 2.30. The van der Waals surface area contributed by atoms with Gasteiger partial charge >= 0.3 is 0 Å². The van der Waals surface area contributed by atoms with Crippen LogP contribution in [0.3, 0.4) is 0 Å². The number of benzene rings is 2. The van der Waals surface area contributed by atoms with Crippen molar-refractivity contribution in [2.24, 2.45) is 0 Å². The first-order valence-electron chi connectivity index (χ1n) is 8.74. The van der Waals surface area contributed by atoms with Crippen LogP contribution >= 0.6 is 0 Å². The molecule has 27 heavy (non-hydrogen) atoms. The van der Waals surface area contributed by atoms with E-state index in [4.69, 9.17) is 9.47 Å². The highest BCUT2D eigenvalue weighted by Gasteiger charge is 2.19.